The Hall–Kier alpha value is -0.252. The molecule has 0 spiro atoms. The number of ether oxygens (including phenoxy) is 1. The molecule has 33 heavy (non-hydrogen) atoms. The second-order valence-corrected chi connectivity index (χ2v) is 26.0. The molecule has 0 radical (unpaired) electrons. The zero-order valence-electron chi connectivity index (χ0n) is 21.8. The molecule has 2 nitrogen and oxygen atoms in total. The van der Waals surface area contributed by atoms with Gasteiger partial charge in [0.25, 0.3) is 0 Å². The first kappa shape index (κ1) is 30.8. The summed E-state index contributed by atoms with van der Waals surface area (Å²) in [5.41, 5.74) is 0.789. The van der Waals surface area contributed by atoms with Gasteiger partial charge < -0.3 is 0 Å². The second-order valence-electron chi connectivity index (χ2n) is 9.66. The van der Waals surface area contributed by atoms with E-state index in [1.165, 1.54) is 80.9 Å². The fraction of sp³-hybridized carbons (Fsp3) is 0.690. The van der Waals surface area contributed by atoms with E-state index in [4.69, 9.17) is 4.74 Å². The molecule has 0 saturated carbocycles. The van der Waals surface area contributed by atoms with E-state index in [-0.39, 0.29) is 5.97 Å². The van der Waals surface area contributed by atoms with Crippen LogP contribution in [0.2, 0.25) is 23.1 Å². The van der Waals surface area contributed by atoms with Gasteiger partial charge in [0, 0.05) is 0 Å². The van der Waals surface area contributed by atoms with Crippen LogP contribution in [-0.2, 0) is 9.53 Å². The molecule has 0 heterocycles. The molecule has 0 bridgehead atoms. The van der Waals surface area contributed by atoms with Crippen molar-refractivity contribution in [2.24, 2.45) is 0 Å². The first-order valence-electron chi connectivity index (χ1n) is 13.6. The van der Waals surface area contributed by atoms with Crippen LogP contribution in [0.1, 0.15) is 91.4 Å². The maximum absolute atomic E-state index is 12.7. The van der Waals surface area contributed by atoms with Crippen molar-refractivity contribution in [1.82, 2.24) is 0 Å². The zero-order valence-corrected chi connectivity index (χ0v) is 26.4. The standard InChI is InChI=1S/C17H23O2Se.3C4H9.Sn/c1-15(2)17(18)19-13-9-4-3-5-10-14-20-16-11-7-6-8-12-16;3*1-3-4-2;/h6-8,11-12H,1-5,9-10,13-14H2;3*1,3-4H2,2H3;. The van der Waals surface area contributed by atoms with Gasteiger partial charge in [-0.15, -0.1) is 0 Å². The molecule has 0 unspecified atom stereocenters. The van der Waals surface area contributed by atoms with Gasteiger partial charge in [-0.05, 0) is 0 Å². The maximum atomic E-state index is 12.7. The molecular weight excluding hydrogens is 578 g/mol. The molecule has 1 aromatic carbocycles. The molecule has 1 aromatic rings. The Morgan fingerprint density at radius 3 is 1.94 bits per heavy atom. The predicted octanol–water partition coefficient (Wildman–Crippen LogP) is 8.33. The van der Waals surface area contributed by atoms with E-state index in [2.05, 4.69) is 57.7 Å². The minimum absolute atomic E-state index is 0.105. The van der Waals surface area contributed by atoms with Crippen molar-refractivity contribution in [1.29, 1.82) is 0 Å². The van der Waals surface area contributed by atoms with Gasteiger partial charge in [-0.2, -0.15) is 0 Å². The molecule has 4 heteroatoms. The summed E-state index contributed by atoms with van der Waals surface area (Å²) in [5, 5.41) is 1.33. The van der Waals surface area contributed by atoms with Crippen LogP contribution in [0.25, 0.3) is 0 Å². The van der Waals surface area contributed by atoms with Crippen molar-refractivity contribution in [3.8, 4) is 0 Å². The average molecular weight is 628 g/mol. The Kier molecular flexibility index (Phi) is 18.6. The van der Waals surface area contributed by atoms with Crippen LogP contribution < -0.4 is 4.46 Å². The summed E-state index contributed by atoms with van der Waals surface area (Å²) >= 11 is -1.75. The van der Waals surface area contributed by atoms with Gasteiger partial charge >= 0.3 is 217 Å². The fourth-order valence-electron chi connectivity index (χ4n) is 4.53. The number of carbonyl (C=O) groups is 1. The van der Waals surface area contributed by atoms with Gasteiger partial charge in [-0.25, -0.2) is 0 Å². The molecule has 0 saturated heterocycles. The van der Waals surface area contributed by atoms with Crippen molar-refractivity contribution in [3.63, 3.8) is 0 Å². The first-order valence-corrected chi connectivity index (χ1v) is 23.7. The quantitative estimate of drug-likeness (QED) is 0.0593. The summed E-state index contributed by atoms with van der Waals surface area (Å²) in [4.78, 5) is 12.7. The number of rotatable bonds is 21. The monoisotopic (exact) mass is 630 g/mol. The predicted molar refractivity (Wildman–Crippen MR) is 150 cm³/mol. The zero-order chi connectivity index (χ0) is 24.2. The molecular formula is C29H50O2SeSn. The van der Waals surface area contributed by atoms with Crippen LogP contribution in [0.4, 0.5) is 0 Å². The number of hydrogen-bond donors (Lipinski definition) is 0. The Balaban J connectivity index is 2.27. The SMILES string of the molecule is C=C([CH2][Sn]([CH2]CCC)([CH2]CCC)[CH2]CCC)C(=O)OCCCCCCC[Se]c1ccccc1. The van der Waals surface area contributed by atoms with E-state index in [0.717, 1.165) is 22.9 Å². The van der Waals surface area contributed by atoms with E-state index >= 15 is 0 Å². The van der Waals surface area contributed by atoms with E-state index in [0.29, 0.717) is 21.6 Å². The molecule has 0 amide bonds. The van der Waals surface area contributed by atoms with E-state index < -0.39 is 18.4 Å². The fourth-order valence-corrected chi connectivity index (χ4v) is 22.6. The van der Waals surface area contributed by atoms with Crippen LogP contribution >= 0.6 is 0 Å². The van der Waals surface area contributed by atoms with Crippen LogP contribution in [0.3, 0.4) is 0 Å². The Labute approximate surface area is 215 Å². The van der Waals surface area contributed by atoms with Gasteiger partial charge in [-0.3, -0.25) is 0 Å². The first-order chi connectivity index (χ1) is 16.1. The number of esters is 1. The number of hydrogen-bond acceptors (Lipinski definition) is 2. The van der Waals surface area contributed by atoms with Crippen LogP contribution in [-0.4, -0.2) is 45.9 Å². The van der Waals surface area contributed by atoms with Crippen molar-refractivity contribution in [2.45, 2.75) is 114 Å². The molecule has 0 fully saturated rings. The summed E-state index contributed by atoms with van der Waals surface area (Å²) in [6.07, 6.45) is 13.8. The summed E-state index contributed by atoms with van der Waals surface area (Å²) < 4.78 is 12.4. The van der Waals surface area contributed by atoms with Crippen LogP contribution in [0, 0.1) is 0 Å². The van der Waals surface area contributed by atoms with E-state index in [1.54, 1.807) is 0 Å². The third-order valence-electron chi connectivity index (χ3n) is 6.59. The molecule has 1 rings (SSSR count). The Morgan fingerprint density at radius 2 is 1.36 bits per heavy atom. The van der Waals surface area contributed by atoms with Gasteiger partial charge in [0.15, 0.2) is 0 Å². The third-order valence-corrected chi connectivity index (χ3v) is 24.4. The second kappa shape index (κ2) is 20.0. The molecule has 0 N–H and O–H groups in total. The molecule has 0 atom stereocenters. The number of benzene rings is 1. The Bertz CT molecular complexity index is 610. The normalized spacial score (nSPS) is 11.5. The Morgan fingerprint density at radius 1 is 0.818 bits per heavy atom. The molecule has 188 valence electrons. The van der Waals surface area contributed by atoms with Crippen molar-refractivity contribution < 1.29 is 9.53 Å². The van der Waals surface area contributed by atoms with Gasteiger partial charge in [-0.1, -0.05) is 0 Å². The van der Waals surface area contributed by atoms with Gasteiger partial charge in [0.2, 0.25) is 0 Å². The van der Waals surface area contributed by atoms with Gasteiger partial charge in [0.1, 0.15) is 0 Å². The van der Waals surface area contributed by atoms with Crippen molar-refractivity contribution in [3.05, 3.63) is 42.5 Å². The van der Waals surface area contributed by atoms with Crippen molar-refractivity contribution >= 4 is 43.8 Å². The van der Waals surface area contributed by atoms with Crippen molar-refractivity contribution in [2.75, 3.05) is 6.61 Å². The third kappa shape index (κ3) is 14.7. The summed E-state index contributed by atoms with van der Waals surface area (Å²) in [6, 6.07) is 10.9. The van der Waals surface area contributed by atoms with Crippen LogP contribution in [0.5, 0.6) is 0 Å². The molecule has 0 aliphatic carbocycles. The minimum atomic E-state index is -2.36. The van der Waals surface area contributed by atoms with Gasteiger partial charge in [0.05, 0.1) is 0 Å². The molecule has 0 aliphatic heterocycles. The summed E-state index contributed by atoms with van der Waals surface area (Å²) in [7, 11) is 0. The average Bonchev–Trinajstić information content (AvgIpc) is 2.84. The molecule has 0 aromatic heterocycles. The summed E-state index contributed by atoms with van der Waals surface area (Å²) in [5.74, 6) is -0.105. The number of carbonyl (C=O) groups excluding carboxylic acids is 1. The van der Waals surface area contributed by atoms with E-state index in [9.17, 15) is 4.79 Å². The number of unbranched alkanes of at least 4 members (excludes halogenated alkanes) is 7. The summed E-state index contributed by atoms with van der Waals surface area (Å²) in [6.45, 7) is 11.7. The molecule has 0 aliphatic rings. The van der Waals surface area contributed by atoms with E-state index in [1.807, 2.05) is 0 Å². The topological polar surface area (TPSA) is 26.3 Å². The van der Waals surface area contributed by atoms with Crippen LogP contribution in [0.15, 0.2) is 42.5 Å².